The predicted molar refractivity (Wildman–Crippen MR) is 104 cm³/mol. The molecule has 0 bridgehead atoms. The van der Waals surface area contributed by atoms with Crippen molar-refractivity contribution < 1.29 is 9.53 Å². The fraction of sp³-hybridized carbons (Fsp3) is 0.588. The van der Waals surface area contributed by atoms with Crippen LogP contribution in [0.2, 0.25) is 0 Å². The number of nitrogens with zero attached hydrogens (tertiary/aromatic N) is 1. The van der Waals surface area contributed by atoms with Crippen molar-refractivity contribution in [2.75, 3.05) is 31.6 Å². The molecule has 1 aliphatic heterocycles. The minimum atomic E-state index is 0. The largest absolute Gasteiger partial charge is 0.497 e. The van der Waals surface area contributed by atoms with Gasteiger partial charge in [-0.2, -0.15) is 0 Å². The fourth-order valence-corrected chi connectivity index (χ4v) is 2.75. The van der Waals surface area contributed by atoms with Gasteiger partial charge >= 0.3 is 0 Å². The third kappa shape index (κ3) is 7.16. The number of carbonyl (C=O) groups excluding carboxylic acids is 1. The van der Waals surface area contributed by atoms with Crippen molar-refractivity contribution >= 4 is 36.4 Å². The van der Waals surface area contributed by atoms with E-state index >= 15 is 0 Å². The molecule has 2 unspecified atom stereocenters. The summed E-state index contributed by atoms with van der Waals surface area (Å²) in [6, 6.07) is 8.21. The van der Waals surface area contributed by atoms with Gasteiger partial charge in [0.1, 0.15) is 5.75 Å². The zero-order valence-corrected chi connectivity index (χ0v) is 16.0. The molecule has 1 fully saturated rings. The highest BCUT2D eigenvalue weighted by Gasteiger charge is 2.23. The number of benzene rings is 1. The van der Waals surface area contributed by atoms with Gasteiger partial charge in [-0.1, -0.05) is 6.07 Å². The Morgan fingerprint density at radius 2 is 2.21 bits per heavy atom. The molecule has 1 saturated heterocycles. The molecule has 3 N–H and O–H groups in total. The topological polar surface area (TPSA) is 67.6 Å². The Labute approximate surface area is 157 Å². The van der Waals surface area contributed by atoms with Gasteiger partial charge in [-0.25, -0.2) is 0 Å². The Morgan fingerprint density at radius 1 is 1.46 bits per heavy atom. The van der Waals surface area contributed by atoms with E-state index in [1.54, 1.807) is 7.11 Å². The maximum Gasteiger partial charge on any atom is 0.220 e. The summed E-state index contributed by atoms with van der Waals surface area (Å²) in [4.78, 5) is 14.1. The van der Waals surface area contributed by atoms with Crippen LogP contribution < -0.4 is 20.7 Å². The van der Waals surface area contributed by atoms with Crippen LogP contribution in [0.3, 0.4) is 0 Å². The molecule has 1 aliphatic rings. The number of hydrogen-bond acceptors (Lipinski definition) is 4. The van der Waals surface area contributed by atoms with Crippen LogP contribution in [0.25, 0.3) is 0 Å². The van der Waals surface area contributed by atoms with E-state index in [0.717, 1.165) is 38.2 Å². The van der Waals surface area contributed by atoms with Crippen molar-refractivity contribution in [1.82, 2.24) is 5.32 Å². The van der Waals surface area contributed by atoms with Crippen LogP contribution in [-0.2, 0) is 4.79 Å². The molecular formula is C17H29Cl2N3O2. The lowest BCUT2D eigenvalue weighted by molar-refractivity contribution is -0.121. The van der Waals surface area contributed by atoms with E-state index in [1.165, 1.54) is 5.69 Å². The number of carbonyl (C=O) groups is 1. The number of amides is 1. The minimum Gasteiger partial charge on any atom is -0.497 e. The van der Waals surface area contributed by atoms with Gasteiger partial charge in [0.25, 0.3) is 0 Å². The number of ether oxygens (including phenoxy) is 1. The fourth-order valence-electron chi connectivity index (χ4n) is 2.75. The zero-order chi connectivity index (χ0) is 15.9. The van der Waals surface area contributed by atoms with Gasteiger partial charge < -0.3 is 20.7 Å². The highest BCUT2D eigenvalue weighted by Crippen LogP contribution is 2.26. The monoisotopic (exact) mass is 377 g/mol. The molecule has 1 aromatic carbocycles. The Balaban J connectivity index is 0.00000264. The van der Waals surface area contributed by atoms with Crippen LogP contribution in [0.4, 0.5) is 5.69 Å². The second kappa shape index (κ2) is 11.4. The molecule has 1 amide bonds. The number of methoxy groups -OCH3 is 1. The maximum absolute atomic E-state index is 11.7. The Hall–Kier alpha value is -1.17. The number of anilines is 1. The molecule has 1 heterocycles. The SMILES string of the molecule is COc1cccc(N2CCC(CNC(=O)CCC(C)N)C2)c1.Cl.Cl. The first-order chi connectivity index (χ1) is 10.6. The normalized spacial score (nSPS) is 17.5. The van der Waals surface area contributed by atoms with Crippen LogP contribution in [-0.4, -0.2) is 38.7 Å². The molecule has 2 rings (SSSR count). The molecule has 0 aromatic heterocycles. The number of rotatable bonds is 7. The first-order valence-electron chi connectivity index (χ1n) is 7.99. The second-order valence-electron chi connectivity index (χ2n) is 6.12. The van der Waals surface area contributed by atoms with Crippen LogP contribution >= 0.6 is 24.8 Å². The van der Waals surface area contributed by atoms with E-state index in [1.807, 2.05) is 19.1 Å². The van der Waals surface area contributed by atoms with Gasteiger partial charge in [0.2, 0.25) is 5.91 Å². The lowest BCUT2D eigenvalue weighted by Gasteiger charge is -2.19. The summed E-state index contributed by atoms with van der Waals surface area (Å²) >= 11 is 0. The molecule has 7 heteroatoms. The van der Waals surface area contributed by atoms with E-state index in [-0.39, 0.29) is 36.8 Å². The molecule has 2 atom stereocenters. The molecule has 0 spiro atoms. The van der Waals surface area contributed by atoms with Gasteiger partial charge in [-0.3, -0.25) is 4.79 Å². The Morgan fingerprint density at radius 3 is 2.88 bits per heavy atom. The number of halogens is 2. The molecule has 0 radical (unpaired) electrons. The third-order valence-electron chi connectivity index (χ3n) is 4.12. The number of nitrogens with two attached hydrogens (primary N) is 1. The zero-order valence-electron chi connectivity index (χ0n) is 14.4. The van der Waals surface area contributed by atoms with Crippen LogP contribution in [0, 0.1) is 5.92 Å². The highest BCUT2D eigenvalue weighted by atomic mass is 35.5. The number of hydrogen-bond donors (Lipinski definition) is 2. The summed E-state index contributed by atoms with van der Waals surface area (Å²) in [6.07, 6.45) is 2.36. The van der Waals surface area contributed by atoms with Crippen LogP contribution in [0.5, 0.6) is 5.75 Å². The summed E-state index contributed by atoms with van der Waals surface area (Å²) in [7, 11) is 1.68. The molecule has 1 aromatic rings. The van der Waals surface area contributed by atoms with Crippen molar-refractivity contribution in [3.63, 3.8) is 0 Å². The van der Waals surface area contributed by atoms with Crippen molar-refractivity contribution in [3.8, 4) is 5.75 Å². The third-order valence-corrected chi connectivity index (χ3v) is 4.12. The average molecular weight is 378 g/mol. The van der Waals surface area contributed by atoms with Crippen molar-refractivity contribution in [2.45, 2.75) is 32.2 Å². The van der Waals surface area contributed by atoms with E-state index < -0.39 is 0 Å². The molecule has 138 valence electrons. The standard InChI is InChI=1S/C17H27N3O2.2ClH/c1-13(18)6-7-17(21)19-11-14-8-9-20(12-14)15-4-3-5-16(10-15)22-2;;/h3-5,10,13-14H,6-9,11-12,18H2,1-2H3,(H,19,21);2*1H. The first-order valence-corrected chi connectivity index (χ1v) is 7.99. The van der Waals surface area contributed by atoms with E-state index in [4.69, 9.17) is 10.5 Å². The summed E-state index contributed by atoms with van der Waals surface area (Å²) < 4.78 is 5.27. The summed E-state index contributed by atoms with van der Waals surface area (Å²) in [5, 5.41) is 3.03. The lowest BCUT2D eigenvalue weighted by atomic mass is 10.1. The van der Waals surface area contributed by atoms with Crippen LogP contribution in [0.15, 0.2) is 24.3 Å². The van der Waals surface area contributed by atoms with Gasteiger partial charge in [0.15, 0.2) is 0 Å². The minimum absolute atomic E-state index is 0. The predicted octanol–water partition coefficient (Wildman–Crippen LogP) is 2.61. The average Bonchev–Trinajstić information content (AvgIpc) is 3.00. The van der Waals surface area contributed by atoms with Gasteiger partial charge in [-0.15, -0.1) is 24.8 Å². The van der Waals surface area contributed by atoms with Crippen LogP contribution in [0.1, 0.15) is 26.2 Å². The van der Waals surface area contributed by atoms with Crippen molar-refractivity contribution in [3.05, 3.63) is 24.3 Å². The summed E-state index contributed by atoms with van der Waals surface area (Å²) in [6.45, 7) is 4.67. The molecule has 24 heavy (non-hydrogen) atoms. The van der Waals surface area contributed by atoms with Gasteiger partial charge in [0.05, 0.1) is 7.11 Å². The quantitative estimate of drug-likeness (QED) is 0.766. The highest BCUT2D eigenvalue weighted by molar-refractivity contribution is 5.85. The molecule has 0 saturated carbocycles. The maximum atomic E-state index is 11.7. The molecular weight excluding hydrogens is 349 g/mol. The molecule has 0 aliphatic carbocycles. The Kier molecular flexibility index (Phi) is 10.8. The van der Waals surface area contributed by atoms with Gasteiger partial charge in [0, 0.05) is 43.9 Å². The second-order valence-corrected chi connectivity index (χ2v) is 6.12. The lowest BCUT2D eigenvalue weighted by Crippen LogP contribution is -2.31. The van der Waals surface area contributed by atoms with E-state index in [0.29, 0.717) is 12.3 Å². The van der Waals surface area contributed by atoms with Crippen molar-refractivity contribution in [2.24, 2.45) is 11.7 Å². The molecule has 5 nitrogen and oxygen atoms in total. The Bertz CT molecular complexity index is 500. The van der Waals surface area contributed by atoms with Gasteiger partial charge in [-0.05, 0) is 37.8 Å². The first kappa shape index (κ1) is 22.8. The van der Waals surface area contributed by atoms with E-state index in [9.17, 15) is 4.79 Å². The smallest absolute Gasteiger partial charge is 0.220 e. The number of nitrogens with one attached hydrogen (secondary N) is 1. The summed E-state index contributed by atoms with van der Waals surface area (Å²) in [5.74, 6) is 1.49. The summed E-state index contributed by atoms with van der Waals surface area (Å²) in [5.41, 5.74) is 6.85. The van der Waals surface area contributed by atoms with E-state index in [2.05, 4.69) is 22.3 Å². The van der Waals surface area contributed by atoms with Crippen molar-refractivity contribution in [1.29, 1.82) is 0 Å².